The number of carbonyl (C=O) groups is 1. The number of aromatic nitrogens is 1. The highest BCUT2D eigenvalue weighted by atomic mass is 35.5. The number of hydrogen-bond acceptors (Lipinski definition) is 4. The molecule has 3 rings (SSSR count). The maximum Gasteiger partial charge on any atom is 0.307 e. The van der Waals surface area contributed by atoms with E-state index in [1.807, 2.05) is 30.3 Å². The molecule has 0 radical (unpaired) electrons. The molecule has 0 saturated carbocycles. The van der Waals surface area contributed by atoms with Gasteiger partial charge in [0.15, 0.2) is 0 Å². The number of carboxylic acid groups (broad SMARTS) is 1. The Labute approximate surface area is 149 Å². The van der Waals surface area contributed by atoms with Crippen LogP contribution in [0.25, 0.3) is 22.0 Å². The summed E-state index contributed by atoms with van der Waals surface area (Å²) in [5.74, 6) is -0.970. The summed E-state index contributed by atoms with van der Waals surface area (Å²) >= 11 is 0. The van der Waals surface area contributed by atoms with Crippen molar-refractivity contribution in [3.63, 3.8) is 0 Å². The Bertz CT molecular complexity index is 958. The zero-order chi connectivity index (χ0) is 17.3. The van der Waals surface area contributed by atoms with Gasteiger partial charge in [-0.15, -0.1) is 12.4 Å². The van der Waals surface area contributed by atoms with E-state index in [0.717, 1.165) is 5.56 Å². The third kappa shape index (κ3) is 3.59. The van der Waals surface area contributed by atoms with E-state index < -0.39 is 10.9 Å². The summed E-state index contributed by atoms with van der Waals surface area (Å²) in [5.41, 5.74) is 3.23. The molecule has 2 aromatic carbocycles. The van der Waals surface area contributed by atoms with Gasteiger partial charge in [-0.05, 0) is 29.7 Å². The predicted octanol–water partition coefficient (Wildman–Crippen LogP) is 4.17. The lowest BCUT2D eigenvalue weighted by molar-refractivity contribution is -0.384. The number of pyridine rings is 1. The molecule has 3 aromatic rings. The molecule has 0 unspecified atom stereocenters. The molecule has 128 valence electrons. The van der Waals surface area contributed by atoms with Crippen LogP contribution < -0.4 is 0 Å². The van der Waals surface area contributed by atoms with Gasteiger partial charge in [0.1, 0.15) is 0 Å². The van der Waals surface area contributed by atoms with Crippen LogP contribution in [-0.4, -0.2) is 21.0 Å². The maximum atomic E-state index is 11.3. The van der Waals surface area contributed by atoms with Crippen LogP contribution in [0.15, 0.2) is 48.5 Å². The van der Waals surface area contributed by atoms with Crippen molar-refractivity contribution in [3.05, 3.63) is 69.9 Å². The van der Waals surface area contributed by atoms with E-state index in [1.165, 1.54) is 12.1 Å². The molecule has 0 aliphatic rings. The molecule has 0 saturated heterocycles. The predicted molar refractivity (Wildman–Crippen MR) is 97.2 cm³/mol. The van der Waals surface area contributed by atoms with Crippen LogP contribution in [-0.2, 0) is 11.2 Å². The highest BCUT2D eigenvalue weighted by Gasteiger charge is 2.18. The van der Waals surface area contributed by atoms with Gasteiger partial charge in [-0.3, -0.25) is 19.9 Å². The van der Waals surface area contributed by atoms with E-state index in [4.69, 9.17) is 0 Å². The van der Waals surface area contributed by atoms with Crippen molar-refractivity contribution < 1.29 is 14.8 Å². The Kier molecular flexibility index (Phi) is 5.34. The molecule has 1 aromatic heterocycles. The van der Waals surface area contributed by atoms with E-state index in [9.17, 15) is 20.0 Å². The number of fused-ring (bicyclic) bond motifs is 1. The maximum absolute atomic E-state index is 11.3. The molecule has 7 heteroatoms. The van der Waals surface area contributed by atoms with Crippen LogP contribution in [0.3, 0.4) is 0 Å². The summed E-state index contributed by atoms with van der Waals surface area (Å²) in [6, 6.07) is 13.7. The van der Waals surface area contributed by atoms with Crippen LogP contribution in [0, 0.1) is 17.0 Å². The number of benzene rings is 2. The first-order valence-corrected chi connectivity index (χ1v) is 7.32. The minimum Gasteiger partial charge on any atom is -0.481 e. The summed E-state index contributed by atoms with van der Waals surface area (Å²) in [4.78, 5) is 26.4. The molecule has 0 spiro atoms. The van der Waals surface area contributed by atoms with Crippen LogP contribution in [0.4, 0.5) is 5.69 Å². The van der Waals surface area contributed by atoms with E-state index >= 15 is 0 Å². The number of nitrogens with zero attached hydrogens (tertiary/aromatic N) is 2. The fourth-order valence-electron chi connectivity index (χ4n) is 2.83. The van der Waals surface area contributed by atoms with Crippen LogP contribution in [0.1, 0.15) is 11.3 Å². The Morgan fingerprint density at radius 3 is 2.48 bits per heavy atom. The van der Waals surface area contributed by atoms with Crippen molar-refractivity contribution in [1.82, 2.24) is 4.98 Å². The fourth-order valence-corrected chi connectivity index (χ4v) is 2.83. The SMILES string of the molecule is Cc1nc2ccc([N+](=O)[O-])cc2c(-c2ccccc2)c1CC(=O)O.Cl. The molecular weight excluding hydrogens is 344 g/mol. The smallest absolute Gasteiger partial charge is 0.307 e. The summed E-state index contributed by atoms with van der Waals surface area (Å²) in [6.45, 7) is 1.76. The molecule has 25 heavy (non-hydrogen) atoms. The highest BCUT2D eigenvalue weighted by Crippen LogP contribution is 2.35. The quantitative estimate of drug-likeness (QED) is 0.558. The summed E-state index contributed by atoms with van der Waals surface area (Å²) in [5, 5.41) is 20.9. The van der Waals surface area contributed by atoms with Gasteiger partial charge in [0.2, 0.25) is 0 Å². The number of non-ortho nitro benzene ring substituents is 1. The monoisotopic (exact) mass is 358 g/mol. The van der Waals surface area contributed by atoms with E-state index in [-0.39, 0.29) is 24.5 Å². The Balaban J connectivity index is 0.00000225. The average molecular weight is 359 g/mol. The minimum atomic E-state index is -0.970. The average Bonchev–Trinajstić information content (AvgIpc) is 2.55. The lowest BCUT2D eigenvalue weighted by Crippen LogP contribution is -2.06. The van der Waals surface area contributed by atoms with Gasteiger partial charge < -0.3 is 5.11 Å². The second-order valence-corrected chi connectivity index (χ2v) is 5.45. The van der Waals surface area contributed by atoms with Gasteiger partial charge in [-0.2, -0.15) is 0 Å². The number of aliphatic carboxylic acids is 1. The lowest BCUT2D eigenvalue weighted by atomic mass is 9.92. The molecule has 0 atom stereocenters. The van der Waals surface area contributed by atoms with Crippen molar-refractivity contribution in [3.8, 4) is 11.1 Å². The molecular formula is C18H15ClN2O4. The van der Waals surface area contributed by atoms with Crippen molar-refractivity contribution in [2.24, 2.45) is 0 Å². The van der Waals surface area contributed by atoms with Gasteiger partial charge in [0, 0.05) is 23.2 Å². The van der Waals surface area contributed by atoms with Crippen molar-refractivity contribution in [1.29, 1.82) is 0 Å². The van der Waals surface area contributed by atoms with Crippen molar-refractivity contribution >= 4 is 35.0 Å². The molecule has 6 nitrogen and oxygen atoms in total. The molecule has 0 aliphatic carbocycles. The molecule has 0 aliphatic heterocycles. The second-order valence-electron chi connectivity index (χ2n) is 5.45. The molecule has 0 bridgehead atoms. The minimum absolute atomic E-state index is 0. The van der Waals surface area contributed by atoms with Gasteiger partial charge in [-0.1, -0.05) is 30.3 Å². The first-order valence-electron chi connectivity index (χ1n) is 7.32. The zero-order valence-electron chi connectivity index (χ0n) is 13.3. The van der Waals surface area contributed by atoms with Gasteiger partial charge >= 0.3 is 5.97 Å². The van der Waals surface area contributed by atoms with E-state index in [2.05, 4.69) is 4.98 Å². The molecule has 1 N–H and O–H groups in total. The van der Waals surface area contributed by atoms with Crippen LogP contribution >= 0.6 is 12.4 Å². The highest BCUT2D eigenvalue weighted by molar-refractivity contribution is 5.99. The van der Waals surface area contributed by atoms with E-state index in [1.54, 1.807) is 13.0 Å². The zero-order valence-corrected chi connectivity index (χ0v) is 14.1. The fraction of sp³-hybridized carbons (Fsp3) is 0.111. The summed E-state index contributed by atoms with van der Waals surface area (Å²) in [7, 11) is 0. The standard InChI is InChI=1S/C18H14N2O4.ClH/c1-11-14(10-17(21)22)18(12-5-3-2-4-6-12)15-9-13(20(23)24)7-8-16(15)19-11;/h2-9H,10H2,1H3,(H,21,22);1H. The van der Waals surface area contributed by atoms with Gasteiger partial charge in [-0.25, -0.2) is 0 Å². The van der Waals surface area contributed by atoms with Crippen LogP contribution in [0.2, 0.25) is 0 Å². The Morgan fingerprint density at radius 1 is 1.20 bits per heavy atom. The van der Waals surface area contributed by atoms with Gasteiger partial charge in [0.05, 0.1) is 16.9 Å². The normalized spacial score (nSPS) is 10.3. The first kappa shape index (κ1) is 18.4. The Hall–Kier alpha value is -2.99. The third-order valence-electron chi connectivity index (χ3n) is 3.88. The number of halogens is 1. The number of aryl methyl sites for hydroxylation is 1. The summed E-state index contributed by atoms with van der Waals surface area (Å²) < 4.78 is 0. The summed E-state index contributed by atoms with van der Waals surface area (Å²) in [6.07, 6.45) is -0.193. The Morgan fingerprint density at radius 2 is 1.88 bits per heavy atom. The second kappa shape index (κ2) is 7.27. The van der Waals surface area contributed by atoms with Crippen molar-refractivity contribution in [2.75, 3.05) is 0 Å². The lowest BCUT2D eigenvalue weighted by Gasteiger charge is -2.14. The number of rotatable bonds is 4. The first-order chi connectivity index (χ1) is 11.5. The topological polar surface area (TPSA) is 93.3 Å². The van der Waals surface area contributed by atoms with E-state index in [0.29, 0.717) is 27.7 Å². The molecule has 0 amide bonds. The van der Waals surface area contributed by atoms with Gasteiger partial charge in [0.25, 0.3) is 5.69 Å². The van der Waals surface area contributed by atoms with Crippen molar-refractivity contribution in [2.45, 2.75) is 13.3 Å². The number of carboxylic acids is 1. The number of nitro benzene ring substituents is 1. The third-order valence-corrected chi connectivity index (χ3v) is 3.88. The number of nitro groups is 1. The molecule has 0 fully saturated rings. The largest absolute Gasteiger partial charge is 0.481 e. The molecule has 1 heterocycles. The van der Waals surface area contributed by atoms with Crippen LogP contribution in [0.5, 0.6) is 0 Å². The number of hydrogen-bond donors (Lipinski definition) is 1.